The molecule has 0 aliphatic carbocycles. The maximum absolute atomic E-state index is 3.82. The first-order valence-corrected chi connectivity index (χ1v) is 8.91. The Kier molecular flexibility index (Phi) is 6.97. The van der Waals surface area contributed by atoms with Crippen LogP contribution in [0.3, 0.4) is 0 Å². The monoisotopic (exact) mass is 227 g/mol. The molecule has 0 rings (SSSR count). The smallest absolute Gasteiger partial charge is 0.138 e. The van der Waals surface area contributed by atoms with Gasteiger partial charge in [-0.2, -0.15) is 0 Å². The third-order valence-electron chi connectivity index (χ3n) is 1.96. The topological polar surface area (TPSA) is 3.24 Å². The van der Waals surface area contributed by atoms with E-state index < -0.39 is 8.24 Å². The Morgan fingerprint density at radius 3 is 2.21 bits per heavy atom. The molecule has 0 aromatic carbocycles. The van der Waals surface area contributed by atoms with Gasteiger partial charge in [0.2, 0.25) is 0 Å². The minimum absolute atomic E-state index is 0.950. The highest BCUT2D eigenvalue weighted by molar-refractivity contribution is 7.98. The van der Waals surface area contributed by atoms with Crippen molar-refractivity contribution in [1.29, 1.82) is 0 Å². The second-order valence-corrected chi connectivity index (χ2v) is 9.67. The lowest BCUT2D eigenvalue weighted by Gasteiger charge is -2.34. The maximum atomic E-state index is 3.82. The van der Waals surface area contributed by atoms with E-state index in [2.05, 4.69) is 36.8 Å². The normalized spacial score (nSPS) is 11.4. The van der Waals surface area contributed by atoms with Gasteiger partial charge in [-0.15, -0.1) is 19.7 Å². The standard InChI is InChI=1S/C11H21NSSi/c1-6-9-12(13-10-7-2)14(4,5)11-8-3/h6-8H,1-3,9-11H2,4-5H3. The van der Waals surface area contributed by atoms with Gasteiger partial charge >= 0.3 is 0 Å². The fourth-order valence-corrected chi connectivity index (χ4v) is 5.06. The predicted octanol–water partition coefficient (Wildman–Crippen LogP) is 3.70. The zero-order chi connectivity index (χ0) is 11.0. The van der Waals surface area contributed by atoms with Gasteiger partial charge in [-0.25, -0.2) is 0 Å². The molecule has 1 nitrogen and oxygen atoms in total. The van der Waals surface area contributed by atoms with Crippen LogP contribution in [0.4, 0.5) is 0 Å². The fraction of sp³-hybridized carbons (Fsp3) is 0.455. The summed E-state index contributed by atoms with van der Waals surface area (Å²) in [4.78, 5) is 0. The number of allylic oxidation sites excluding steroid dienone is 1. The van der Waals surface area contributed by atoms with Crippen molar-refractivity contribution in [2.24, 2.45) is 0 Å². The molecule has 0 atom stereocenters. The molecule has 0 unspecified atom stereocenters. The average Bonchev–Trinajstić information content (AvgIpc) is 2.11. The third kappa shape index (κ3) is 4.84. The first-order valence-electron chi connectivity index (χ1n) is 4.81. The lowest BCUT2D eigenvalue weighted by Crippen LogP contribution is -2.43. The SMILES string of the molecule is C=CCSN(CC=C)[Si](C)(C)CC=C. The highest BCUT2D eigenvalue weighted by atomic mass is 32.2. The van der Waals surface area contributed by atoms with Gasteiger partial charge in [0.25, 0.3) is 0 Å². The molecule has 0 aliphatic rings. The summed E-state index contributed by atoms with van der Waals surface area (Å²) in [6, 6.07) is 1.12. The second-order valence-electron chi connectivity index (χ2n) is 3.74. The first-order chi connectivity index (χ1) is 6.58. The van der Waals surface area contributed by atoms with Crippen LogP contribution in [0.15, 0.2) is 38.0 Å². The van der Waals surface area contributed by atoms with Crippen LogP contribution in [0, 0.1) is 0 Å². The van der Waals surface area contributed by atoms with Crippen molar-refractivity contribution in [1.82, 2.24) is 3.97 Å². The van der Waals surface area contributed by atoms with E-state index in [0.717, 1.165) is 18.3 Å². The highest BCUT2D eigenvalue weighted by Gasteiger charge is 2.27. The Morgan fingerprint density at radius 1 is 1.14 bits per heavy atom. The van der Waals surface area contributed by atoms with Gasteiger partial charge in [-0.05, 0) is 6.04 Å². The summed E-state index contributed by atoms with van der Waals surface area (Å²) >= 11 is 1.85. The number of nitrogens with zero attached hydrogens (tertiary/aromatic N) is 1. The molecule has 0 radical (unpaired) electrons. The molecule has 0 aromatic rings. The molecule has 14 heavy (non-hydrogen) atoms. The van der Waals surface area contributed by atoms with Crippen molar-refractivity contribution in [2.75, 3.05) is 12.3 Å². The van der Waals surface area contributed by atoms with E-state index in [4.69, 9.17) is 0 Å². The third-order valence-corrected chi connectivity index (χ3v) is 7.50. The summed E-state index contributed by atoms with van der Waals surface area (Å²) in [6.45, 7) is 17.0. The van der Waals surface area contributed by atoms with E-state index in [1.807, 2.05) is 30.2 Å². The van der Waals surface area contributed by atoms with E-state index in [1.54, 1.807) is 0 Å². The summed E-state index contributed by atoms with van der Waals surface area (Å²) in [5.74, 6) is 0.974. The van der Waals surface area contributed by atoms with E-state index in [1.165, 1.54) is 0 Å². The van der Waals surface area contributed by atoms with Crippen molar-refractivity contribution in [3.63, 3.8) is 0 Å². The van der Waals surface area contributed by atoms with Crippen LogP contribution in [0.1, 0.15) is 0 Å². The Labute approximate surface area is 93.8 Å². The molecular weight excluding hydrogens is 206 g/mol. The Morgan fingerprint density at radius 2 is 1.79 bits per heavy atom. The zero-order valence-corrected chi connectivity index (χ0v) is 11.1. The predicted molar refractivity (Wildman–Crippen MR) is 72.0 cm³/mol. The zero-order valence-electron chi connectivity index (χ0n) is 9.33. The van der Waals surface area contributed by atoms with Gasteiger partial charge in [-0.1, -0.05) is 43.3 Å². The fourth-order valence-electron chi connectivity index (χ4n) is 1.19. The van der Waals surface area contributed by atoms with Gasteiger partial charge in [0.15, 0.2) is 0 Å². The molecule has 0 saturated heterocycles. The molecule has 0 heterocycles. The summed E-state index contributed by atoms with van der Waals surface area (Å²) in [5.41, 5.74) is 0. The molecular formula is C11H21NSSi. The van der Waals surface area contributed by atoms with Gasteiger partial charge in [0.1, 0.15) is 8.24 Å². The van der Waals surface area contributed by atoms with E-state index in [-0.39, 0.29) is 0 Å². The average molecular weight is 227 g/mol. The molecule has 0 spiro atoms. The molecule has 0 aromatic heterocycles. The van der Waals surface area contributed by atoms with Crippen molar-refractivity contribution >= 4 is 20.2 Å². The van der Waals surface area contributed by atoms with Crippen LogP contribution >= 0.6 is 11.9 Å². The van der Waals surface area contributed by atoms with E-state index in [0.29, 0.717) is 0 Å². The van der Waals surface area contributed by atoms with E-state index >= 15 is 0 Å². The number of hydrogen-bond donors (Lipinski definition) is 0. The molecule has 3 heteroatoms. The quantitative estimate of drug-likeness (QED) is 0.353. The summed E-state index contributed by atoms with van der Waals surface area (Å²) in [5, 5.41) is 0. The maximum Gasteiger partial charge on any atom is 0.138 e. The second kappa shape index (κ2) is 7.09. The Balaban J connectivity index is 4.34. The van der Waals surface area contributed by atoms with Crippen LogP contribution in [-0.4, -0.2) is 24.5 Å². The molecule has 0 bridgehead atoms. The Hall–Kier alpha value is -0.253. The van der Waals surface area contributed by atoms with Crippen molar-refractivity contribution in [3.8, 4) is 0 Å². The van der Waals surface area contributed by atoms with Gasteiger partial charge in [-0.3, -0.25) is 3.97 Å². The molecule has 0 saturated carbocycles. The van der Waals surface area contributed by atoms with Crippen LogP contribution in [0.25, 0.3) is 0 Å². The van der Waals surface area contributed by atoms with Gasteiger partial charge < -0.3 is 0 Å². The lowest BCUT2D eigenvalue weighted by molar-refractivity contribution is 0.756. The number of hydrogen-bond acceptors (Lipinski definition) is 2. The van der Waals surface area contributed by atoms with Crippen LogP contribution in [0.2, 0.25) is 19.1 Å². The minimum Gasteiger partial charge on any atom is -0.267 e. The number of rotatable bonds is 8. The van der Waals surface area contributed by atoms with Crippen molar-refractivity contribution in [3.05, 3.63) is 38.0 Å². The van der Waals surface area contributed by atoms with Gasteiger partial charge in [0, 0.05) is 12.3 Å². The Bertz CT molecular complexity index is 201. The lowest BCUT2D eigenvalue weighted by atomic mass is 10.7. The molecule has 0 amide bonds. The largest absolute Gasteiger partial charge is 0.267 e. The van der Waals surface area contributed by atoms with E-state index in [9.17, 15) is 0 Å². The van der Waals surface area contributed by atoms with Crippen molar-refractivity contribution < 1.29 is 0 Å². The van der Waals surface area contributed by atoms with Crippen LogP contribution < -0.4 is 0 Å². The van der Waals surface area contributed by atoms with Crippen LogP contribution in [0.5, 0.6) is 0 Å². The molecule has 80 valence electrons. The molecule has 0 fully saturated rings. The summed E-state index contributed by atoms with van der Waals surface area (Å²) < 4.78 is 2.46. The van der Waals surface area contributed by atoms with Crippen LogP contribution in [-0.2, 0) is 0 Å². The highest BCUT2D eigenvalue weighted by Crippen LogP contribution is 2.24. The molecule has 0 N–H and O–H groups in total. The first kappa shape index (κ1) is 13.7. The summed E-state index contributed by atoms with van der Waals surface area (Å²) in [7, 11) is -1.33. The minimum atomic E-state index is -1.33. The van der Waals surface area contributed by atoms with Crippen molar-refractivity contribution in [2.45, 2.75) is 19.1 Å². The van der Waals surface area contributed by atoms with Gasteiger partial charge in [0.05, 0.1) is 0 Å². The summed E-state index contributed by atoms with van der Waals surface area (Å²) in [6.07, 6.45) is 5.93. The molecule has 0 aliphatic heterocycles.